The first-order valence-corrected chi connectivity index (χ1v) is 9.66. The van der Waals surface area contributed by atoms with E-state index in [-0.39, 0.29) is 29.9 Å². The second-order valence-electron chi connectivity index (χ2n) is 7.11. The SMILES string of the molecule is CCOC(=O)N1CCC(NC(=O)CCC2Cc3ccccc3NC2=O)CC1. The summed E-state index contributed by atoms with van der Waals surface area (Å²) >= 11 is 0. The Labute approximate surface area is 159 Å². The van der Waals surface area contributed by atoms with E-state index in [1.54, 1.807) is 11.8 Å². The van der Waals surface area contributed by atoms with Crippen LogP contribution in [0.3, 0.4) is 0 Å². The van der Waals surface area contributed by atoms with Crippen molar-refractivity contribution in [3.63, 3.8) is 0 Å². The predicted molar refractivity (Wildman–Crippen MR) is 101 cm³/mol. The molecule has 7 heteroatoms. The molecule has 2 N–H and O–H groups in total. The number of hydrogen-bond acceptors (Lipinski definition) is 4. The van der Waals surface area contributed by atoms with Gasteiger partial charge in [0.2, 0.25) is 11.8 Å². The summed E-state index contributed by atoms with van der Waals surface area (Å²) in [6, 6.07) is 7.85. The van der Waals surface area contributed by atoms with Gasteiger partial charge in [-0.15, -0.1) is 0 Å². The zero-order valence-electron chi connectivity index (χ0n) is 15.7. The number of fused-ring (bicyclic) bond motifs is 1. The Balaban J connectivity index is 1.40. The fourth-order valence-electron chi connectivity index (χ4n) is 3.67. The monoisotopic (exact) mass is 373 g/mol. The van der Waals surface area contributed by atoms with Gasteiger partial charge in [-0.2, -0.15) is 0 Å². The second kappa shape index (κ2) is 8.88. The topological polar surface area (TPSA) is 87.7 Å². The number of amides is 3. The van der Waals surface area contributed by atoms with Crippen LogP contribution < -0.4 is 10.6 Å². The number of anilines is 1. The highest BCUT2D eigenvalue weighted by molar-refractivity contribution is 5.96. The minimum absolute atomic E-state index is 0.00996. The van der Waals surface area contributed by atoms with Crippen molar-refractivity contribution in [2.45, 2.75) is 45.1 Å². The van der Waals surface area contributed by atoms with Gasteiger partial charge in [0, 0.05) is 37.2 Å². The fraction of sp³-hybridized carbons (Fsp3) is 0.550. The quantitative estimate of drug-likeness (QED) is 0.829. The summed E-state index contributed by atoms with van der Waals surface area (Å²) in [5, 5.41) is 5.96. The van der Waals surface area contributed by atoms with Gasteiger partial charge in [-0.1, -0.05) is 18.2 Å². The molecule has 0 saturated carbocycles. The molecule has 1 fully saturated rings. The van der Waals surface area contributed by atoms with Crippen molar-refractivity contribution in [3.8, 4) is 0 Å². The molecule has 0 aromatic heterocycles. The molecule has 0 radical (unpaired) electrons. The normalized spacial score (nSPS) is 19.8. The molecular weight excluding hydrogens is 346 g/mol. The minimum atomic E-state index is -0.286. The van der Waals surface area contributed by atoms with Crippen molar-refractivity contribution < 1.29 is 19.1 Å². The lowest BCUT2D eigenvalue weighted by Crippen LogP contribution is -2.46. The molecule has 3 rings (SSSR count). The molecular formula is C20H27N3O4. The number of nitrogens with zero attached hydrogens (tertiary/aromatic N) is 1. The largest absolute Gasteiger partial charge is 0.450 e. The molecule has 2 aliphatic heterocycles. The van der Waals surface area contributed by atoms with Crippen LogP contribution in [0, 0.1) is 5.92 Å². The number of para-hydroxylation sites is 1. The van der Waals surface area contributed by atoms with Crippen molar-refractivity contribution in [1.29, 1.82) is 0 Å². The highest BCUT2D eigenvalue weighted by Crippen LogP contribution is 2.27. The van der Waals surface area contributed by atoms with Crippen LogP contribution in [0.1, 0.15) is 38.2 Å². The molecule has 0 bridgehead atoms. The van der Waals surface area contributed by atoms with Crippen LogP contribution in [0.5, 0.6) is 0 Å². The third-order valence-electron chi connectivity index (χ3n) is 5.22. The van der Waals surface area contributed by atoms with Gasteiger partial charge in [0.15, 0.2) is 0 Å². The number of piperidine rings is 1. The fourth-order valence-corrected chi connectivity index (χ4v) is 3.67. The molecule has 0 aliphatic carbocycles. The Bertz CT molecular complexity index is 698. The first-order valence-electron chi connectivity index (χ1n) is 9.66. The van der Waals surface area contributed by atoms with E-state index in [9.17, 15) is 14.4 Å². The molecule has 3 amide bonds. The number of likely N-dealkylation sites (tertiary alicyclic amines) is 1. The van der Waals surface area contributed by atoms with Crippen molar-refractivity contribution >= 4 is 23.6 Å². The third kappa shape index (κ3) is 4.99. The molecule has 1 aromatic carbocycles. The van der Waals surface area contributed by atoms with Gasteiger partial charge in [-0.05, 0) is 44.2 Å². The standard InChI is InChI=1S/C20H27N3O4/c1-2-27-20(26)23-11-9-16(10-12-23)21-18(24)8-7-15-13-14-5-3-4-6-17(14)22-19(15)25/h3-6,15-16H,2,7-13H2,1H3,(H,21,24)(H,22,25). The predicted octanol–water partition coefficient (Wildman–Crippen LogP) is 2.31. The number of ether oxygens (including phenoxy) is 1. The Hall–Kier alpha value is -2.57. The number of carbonyl (C=O) groups is 3. The van der Waals surface area contributed by atoms with E-state index in [0.29, 0.717) is 39.0 Å². The molecule has 2 aliphatic rings. The summed E-state index contributed by atoms with van der Waals surface area (Å²) in [6.07, 6.45) is 2.70. The summed E-state index contributed by atoms with van der Waals surface area (Å²) in [5.41, 5.74) is 1.99. The van der Waals surface area contributed by atoms with E-state index in [4.69, 9.17) is 4.74 Å². The maximum absolute atomic E-state index is 12.3. The summed E-state index contributed by atoms with van der Waals surface area (Å²) in [6.45, 7) is 3.34. The van der Waals surface area contributed by atoms with Gasteiger partial charge in [-0.25, -0.2) is 4.79 Å². The number of carbonyl (C=O) groups excluding carboxylic acids is 3. The van der Waals surface area contributed by atoms with E-state index in [1.807, 2.05) is 24.3 Å². The lowest BCUT2D eigenvalue weighted by molar-refractivity contribution is -0.123. The molecule has 0 spiro atoms. The zero-order chi connectivity index (χ0) is 19.2. The Morgan fingerprint density at radius 2 is 2.00 bits per heavy atom. The van der Waals surface area contributed by atoms with E-state index >= 15 is 0 Å². The maximum atomic E-state index is 12.3. The van der Waals surface area contributed by atoms with Crippen LogP contribution in [-0.4, -0.2) is 48.5 Å². The zero-order valence-corrected chi connectivity index (χ0v) is 15.7. The van der Waals surface area contributed by atoms with Crippen molar-refractivity contribution in [3.05, 3.63) is 29.8 Å². The van der Waals surface area contributed by atoms with Crippen LogP contribution in [0.25, 0.3) is 0 Å². The number of rotatable bonds is 5. The molecule has 27 heavy (non-hydrogen) atoms. The molecule has 2 heterocycles. The van der Waals surface area contributed by atoms with Crippen molar-refractivity contribution in [2.24, 2.45) is 5.92 Å². The van der Waals surface area contributed by atoms with Gasteiger partial charge in [0.1, 0.15) is 0 Å². The van der Waals surface area contributed by atoms with Crippen molar-refractivity contribution in [1.82, 2.24) is 10.2 Å². The molecule has 1 aromatic rings. The number of nitrogens with one attached hydrogen (secondary N) is 2. The third-order valence-corrected chi connectivity index (χ3v) is 5.22. The van der Waals surface area contributed by atoms with Crippen LogP contribution in [0.2, 0.25) is 0 Å². The van der Waals surface area contributed by atoms with E-state index in [0.717, 1.165) is 24.1 Å². The summed E-state index contributed by atoms with van der Waals surface area (Å²) in [4.78, 5) is 37.9. The molecule has 7 nitrogen and oxygen atoms in total. The second-order valence-corrected chi connectivity index (χ2v) is 7.11. The maximum Gasteiger partial charge on any atom is 0.409 e. The van der Waals surface area contributed by atoms with Gasteiger partial charge in [-0.3, -0.25) is 9.59 Å². The van der Waals surface area contributed by atoms with E-state index in [2.05, 4.69) is 10.6 Å². The van der Waals surface area contributed by atoms with Crippen LogP contribution in [0.4, 0.5) is 10.5 Å². The van der Waals surface area contributed by atoms with Crippen LogP contribution >= 0.6 is 0 Å². The summed E-state index contributed by atoms with van der Waals surface area (Å²) in [5.74, 6) is -0.211. The van der Waals surface area contributed by atoms with Gasteiger partial charge in [0.05, 0.1) is 6.61 Å². The number of benzene rings is 1. The molecule has 1 atom stereocenters. The van der Waals surface area contributed by atoms with E-state index < -0.39 is 0 Å². The lowest BCUT2D eigenvalue weighted by Gasteiger charge is -2.31. The minimum Gasteiger partial charge on any atom is -0.450 e. The van der Waals surface area contributed by atoms with Gasteiger partial charge < -0.3 is 20.3 Å². The Morgan fingerprint density at radius 1 is 1.26 bits per heavy atom. The van der Waals surface area contributed by atoms with Gasteiger partial charge >= 0.3 is 6.09 Å². The smallest absolute Gasteiger partial charge is 0.409 e. The Morgan fingerprint density at radius 3 is 2.74 bits per heavy atom. The first-order chi connectivity index (χ1) is 13.1. The van der Waals surface area contributed by atoms with E-state index in [1.165, 1.54) is 0 Å². The average molecular weight is 373 g/mol. The average Bonchev–Trinajstić information content (AvgIpc) is 2.67. The van der Waals surface area contributed by atoms with Crippen LogP contribution in [-0.2, 0) is 20.7 Å². The number of hydrogen-bond donors (Lipinski definition) is 2. The molecule has 1 unspecified atom stereocenters. The molecule has 1 saturated heterocycles. The molecule has 146 valence electrons. The highest BCUT2D eigenvalue weighted by atomic mass is 16.6. The lowest BCUT2D eigenvalue weighted by atomic mass is 9.89. The Kier molecular flexibility index (Phi) is 6.32. The highest BCUT2D eigenvalue weighted by Gasteiger charge is 2.28. The van der Waals surface area contributed by atoms with Gasteiger partial charge in [0.25, 0.3) is 0 Å². The van der Waals surface area contributed by atoms with Crippen LogP contribution in [0.15, 0.2) is 24.3 Å². The summed E-state index contributed by atoms with van der Waals surface area (Å²) < 4.78 is 5.00. The first kappa shape index (κ1) is 19.2. The summed E-state index contributed by atoms with van der Waals surface area (Å²) in [7, 11) is 0. The van der Waals surface area contributed by atoms with Crippen molar-refractivity contribution in [2.75, 3.05) is 25.0 Å².